The Labute approximate surface area is 64.4 Å². The average molecular weight is 155 g/mol. The molecule has 0 bridgehead atoms. The van der Waals surface area contributed by atoms with E-state index in [1.54, 1.807) is 12.2 Å². The smallest absolute Gasteiger partial charge is 0.303 e. The quantitative estimate of drug-likeness (QED) is 0.589. The minimum Gasteiger partial charge on any atom is -0.459 e. The molecule has 0 radical (unpaired) electrons. The maximum absolute atomic E-state index is 10.4. The van der Waals surface area contributed by atoms with Gasteiger partial charge in [0.1, 0.15) is 12.9 Å². The van der Waals surface area contributed by atoms with Gasteiger partial charge in [0.2, 0.25) is 0 Å². The van der Waals surface area contributed by atoms with Crippen molar-refractivity contribution in [3.8, 4) is 0 Å². The lowest BCUT2D eigenvalue weighted by Gasteiger charge is -2.11. The molecule has 0 fully saturated rings. The molecule has 4 heteroatoms. The van der Waals surface area contributed by atoms with Gasteiger partial charge in [0.25, 0.3) is 0 Å². The highest BCUT2D eigenvalue weighted by molar-refractivity contribution is 5.66. The van der Waals surface area contributed by atoms with Gasteiger partial charge < -0.3 is 9.57 Å². The summed E-state index contributed by atoms with van der Waals surface area (Å²) in [5.41, 5.74) is 3.30. The Kier molecular flexibility index (Phi) is 2.54. The number of esters is 1. The third-order valence-electron chi connectivity index (χ3n) is 1.06. The van der Waals surface area contributed by atoms with Gasteiger partial charge in [-0.1, -0.05) is 0 Å². The number of carbonyl (C=O) groups excluding carboxylic acids is 1. The molecule has 1 heterocycles. The highest BCUT2D eigenvalue weighted by atomic mass is 16.6. The number of carbonyl (C=O) groups is 1. The summed E-state index contributed by atoms with van der Waals surface area (Å²) >= 11 is 0. The minimum atomic E-state index is -0.303. The first-order valence-corrected chi connectivity index (χ1v) is 3.20. The first-order chi connectivity index (χ1) is 5.29. The maximum Gasteiger partial charge on any atom is 0.303 e. The molecule has 0 aromatic carbocycles. The summed E-state index contributed by atoms with van der Waals surface area (Å²) < 4.78 is 4.70. The predicted octanol–water partition coefficient (Wildman–Crippen LogP) is 0.482. The van der Waals surface area contributed by atoms with Crippen molar-refractivity contribution in [2.75, 3.05) is 6.61 Å². The molecule has 0 saturated carbocycles. The largest absolute Gasteiger partial charge is 0.459 e. The SMILES string of the molecule is CC(=O)OCC1=CC=CON1. The van der Waals surface area contributed by atoms with E-state index in [2.05, 4.69) is 5.48 Å². The highest BCUT2D eigenvalue weighted by Gasteiger charge is 2.00. The predicted molar refractivity (Wildman–Crippen MR) is 38.1 cm³/mol. The van der Waals surface area contributed by atoms with E-state index in [0.717, 1.165) is 5.70 Å². The third kappa shape index (κ3) is 2.75. The van der Waals surface area contributed by atoms with Crippen LogP contribution >= 0.6 is 0 Å². The molecule has 11 heavy (non-hydrogen) atoms. The number of hydroxylamine groups is 1. The standard InChI is InChI=1S/C7H9NO3/c1-6(9)10-5-7-3-2-4-11-8-7/h2-4,8H,5H2,1H3. The summed E-state index contributed by atoms with van der Waals surface area (Å²) in [4.78, 5) is 15.1. The van der Waals surface area contributed by atoms with Crippen molar-refractivity contribution >= 4 is 5.97 Å². The molecule has 1 rings (SSSR count). The van der Waals surface area contributed by atoms with Crippen LogP contribution < -0.4 is 5.48 Å². The van der Waals surface area contributed by atoms with Gasteiger partial charge in [0.05, 0.1) is 5.70 Å². The van der Waals surface area contributed by atoms with Crippen LogP contribution in [0.5, 0.6) is 0 Å². The van der Waals surface area contributed by atoms with Crippen molar-refractivity contribution in [3.63, 3.8) is 0 Å². The van der Waals surface area contributed by atoms with E-state index in [1.165, 1.54) is 13.2 Å². The van der Waals surface area contributed by atoms with E-state index < -0.39 is 0 Å². The zero-order valence-corrected chi connectivity index (χ0v) is 6.16. The molecule has 1 aliphatic rings. The van der Waals surface area contributed by atoms with Crippen molar-refractivity contribution in [2.45, 2.75) is 6.92 Å². The molecule has 0 saturated heterocycles. The van der Waals surface area contributed by atoms with Gasteiger partial charge in [-0.2, -0.15) is 0 Å². The van der Waals surface area contributed by atoms with E-state index in [4.69, 9.17) is 9.57 Å². The second-order valence-corrected chi connectivity index (χ2v) is 2.02. The third-order valence-corrected chi connectivity index (χ3v) is 1.06. The molecule has 4 nitrogen and oxygen atoms in total. The number of ether oxygens (including phenoxy) is 1. The first-order valence-electron chi connectivity index (χ1n) is 3.20. The molecule has 0 aromatic heterocycles. The number of hydrogen-bond acceptors (Lipinski definition) is 4. The molecule has 1 aliphatic heterocycles. The van der Waals surface area contributed by atoms with E-state index in [1.807, 2.05) is 0 Å². The lowest BCUT2D eigenvalue weighted by atomic mass is 10.4. The summed E-state index contributed by atoms with van der Waals surface area (Å²) in [5, 5.41) is 0. The van der Waals surface area contributed by atoms with Gasteiger partial charge in [0.15, 0.2) is 0 Å². The van der Waals surface area contributed by atoms with Crippen LogP contribution in [-0.4, -0.2) is 12.6 Å². The van der Waals surface area contributed by atoms with E-state index in [0.29, 0.717) is 0 Å². The highest BCUT2D eigenvalue weighted by Crippen LogP contribution is 1.97. The van der Waals surface area contributed by atoms with Crippen LogP contribution in [0.4, 0.5) is 0 Å². The van der Waals surface area contributed by atoms with Gasteiger partial charge in [-0.3, -0.25) is 4.79 Å². The number of rotatable bonds is 2. The Balaban J connectivity index is 2.31. The van der Waals surface area contributed by atoms with Crippen molar-refractivity contribution in [2.24, 2.45) is 0 Å². The van der Waals surface area contributed by atoms with Gasteiger partial charge in [-0.15, -0.1) is 0 Å². The van der Waals surface area contributed by atoms with Crippen LogP contribution in [0.15, 0.2) is 24.1 Å². The Hall–Kier alpha value is -1.45. The minimum absolute atomic E-state index is 0.222. The van der Waals surface area contributed by atoms with Crippen LogP contribution in [0.3, 0.4) is 0 Å². The van der Waals surface area contributed by atoms with Crippen LogP contribution in [0.2, 0.25) is 0 Å². The summed E-state index contributed by atoms with van der Waals surface area (Å²) in [6.07, 6.45) is 4.99. The molecular formula is C7H9NO3. The molecule has 0 spiro atoms. The van der Waals surface area contributed by atoms with Crippen LogP contribution in [0.25, 0.3) is 0 Å². The zero-order chi connectivity index (χ0) is 8.10. The van der Waals surface area contributed by atoms with Gasteiger partial charge in [0, 0.05) is 6.92 Å². The Morgan fingerprint density at radius 3 is 3.18 bits per heavy atom. The zero-order valence-electron chi connectivity index (χ0n) is 6.16. The lowest BCUT2D eigenvalue weighted by Crippen LogP contribution is -2.18. The van der Waals surface area contributed by atoms with Crippen molar-refractivity contribution in [3.05, 3.63) is 24.1 Å². The van der Waals surface area contributed by atoms with Crippen LogP contribution in [0.1, 0.15) is 6.92 Å². The Morgan fingerprint density at radius 2 is 2.64 bits per heavy atom. The molecular weight excluding hydrogens is 146 g/mol. The molecule has 60 valence electrons. The van der Waals surface area contributed by atoms with Gasteiger partial charge in [-0.05, 0) is 12.2 Å². The van der Waals surface area contributed by atoms with Crippen molar-refractivity contribution in [1.82, 2.24) is 5.48 Å². The molecule has 0 unspecified atom stereocenters. The van der Waals surface area contributed by atoms with Gasteiger partial charge in [-0.25, -0.2) is 5.48 Å². The second kappa shape index (κ2) is 3.65. The number of nitrogens with one attached hydrogen (secondary N) is 1. The van der Waals surface area contributed by atoms with Crippen LogP contribution in [0, 0.1) is 0 Å². The van der Waals surface area contributed by atoms with E-state index in [9.17, 15) is 4.79 Å². The molecule has 0 atom stereocenters. The summed E-state index contributed by atoms with van der Waals surface area (Å²) in [7, 11) is 0. The molecule has 0 amide bonds. The second-order valence-electron chi connectivity index (χ2n) is 2.02. The van der Waals surface area contributed by atoms with Gasteiger partial charge >= 0.3 is 5.97 Å². The van der Waals surface area contributed by atoms with E-state index in [-0.39, 0.29) is 12.6 Å². The Bertz CT molecular complexity index is 208. The normalized spacial score (nSPS) is 14.5. The Morgan fingerprint density at radius 1 is 1.82 bits per heavy atom. The summed E-state index contributed by atoms with van der Waals surface area (Å²) in [5.74, 6) is -0.303. The monoisotopic (exact) mass is 155 g/mol. The lowest BCUT2D eigenvalue weighted by molar-refractivity contribution is -0.140. The fourth-order valence-electron chi connectivity index (χ4n) is 0.595. The van der Waals surface area contributed by atoms with E-state index >= 15 is 0 Å². The first kappa shape index (κ1) is 7.65. The fourth-order valence-corrected chi connectivity index (χ4v) is 0.595. The van der Waals surface area contributed by atoms with Crippen molar-refractivity contribution in [1.29, 1.82) is 0 Å². The van der Waals surface area contributed by atoms with Crippen molar-refractivity contribution < 1.29 is 14.4 Å². The molecule has 0 aliphatic carbocycles. The summed E-state index contributed by atoms with van der Waals surface area (Å²) in [6.45, 7) is 1.58. The fraction of sp³-hybridized carbons (Fsp3) is 0.286. The number of hydrogen-bond donors (Lipinski definition) is 1. The number of allylic oxidation sites excluding steroid dienone is 2. The average Bonchev–Trinajstić information content (AvgIpc) is 2.03. The topological polar surface area (TPSA) is 47.6 Å². The molecule has 1 N–H and O–H groups in total. The molecule has 0 aromatic rings. The summed E-state index contributed by atoms with van der Waals surface area (Å²) in [6, 6.07) is 0. The maximum atomic E-state index is 10.4. The van der Waals surface area contributed by atoms with Crippen LogP contribution in [-0.2, 0) is 14.4 Å².